The summed E-state index contributed by atoms with van der Waals surface area (Å²) in [5, 5.41) is 0. The highest BCUT2D eigenvalue weighted by molar-refractivity contribution is 5.71. The normalized spacial score (nSPS) is 12.6. The maximum Gasteiger partial charge on any atom is 0.306 e. The summed E-state index contributed by atoms with van der Waals surface area (Å²) in [5.41, 5.74) is 0. The van der Waals surface area contributed by atoms with Gasteiger partial charge >= 0.3 is 17.9 Å². The van der Waals surface area contributed by atoms with Crippen molar-refractivity contribution in [2.24, 2.45) is 0 Å². The van der Waals surface area contributed by atoms with Crippen LogP contribution >= 0.6 is 0 Å². The van der Waals surface area contributed by atoms with Gasteiger partial charge in [-0.2, -0.15) is 0 Å². The van der Waals surface area contributed by atoms with Crippen molar-refractivity contribution in [3.05, 3.63) is 72.9 Å². The van der Waals surface area contributed by atoms with Gasteiger partial charge in [0, 0.05) is 19.3 Å². The highest BCUT2D eigenvalue weighted by atomic mass is 16.6. The third kappa shape index (κ3) is 51.7. The van der Waals surface area contributed by atoms with E-state index in [9.17, 15) is 14.4 Å². The number of carbonyl (C=O) groups excluding carboxylic acids is 3. The van der Waals surface area contributed by atoms with E-state index in [-0.39, 0.29) is 31.1 Å². The first-order valence-corrected chi connectivity index (χ1v) is 27.4. The smallest absolute Gasteiger partial charge is 0.306 e. The number of allylic oxidation sites excluding steroid dienone is 12. The number of rotatable bonds is 49. The highest BCUT2D eigenvalue weighted by Crippen LogP contribution is 2.14. The summed E-state index contributed by atoms with van der Waals surface area (Å²) in [4.78, 5) is 38.1. The predicted octanol–water partition coefficient (Wildman–Crippen LogP) is 18.2. The van der Waals surface area contributed by atoms with Gasteiger partial charge in [-0.05, 0) is 109 Å². The highest BCUT2D eigenvalue weighted by Gasteiger charge is 2.19. The average molecular weight is 907 g/mol. The molecule has 0 heterocycles. The van der Waals surface area contributed by atoms with E-state index in [1.165, 1.54) is 116 Å². The van der Waals surface area contributed by atoms with Crippen molar-refractivity contribution in [3.8, 4) is 0 Å². The SMILES string of the molecule is CCCC/C=C\C/C=C\CCCCCCCC(=O)OC(COC(=O)CCCCCCC/C=C\CCCCCCC)COC(=O)CCCCCCCC/C=C\C/C=C\C/C=C\CCCCC. The summed E-state index contributed by atoms with van der Waals surface area (Å²) in [6.45, 7) is 6.54. The number of carbonyl (C=O) groups is 3. The van der Waals surface area contributed by atoms with Gasteiger partial charge in [0.15, 0.2) is 6.10 Å². The van der Waals surface area contributed by atoms with E-state index in [2.05, 4.69) is 93.7 Å². The molecule has 1 unspecified atom stereocenters. The van der Waals surface area contributed by atoms with Crippen LogP contribution in [0.4, 0.5) is 0 Å². The first-order chi connectivity index (χ1) is 32.0. The molecule has 0 spiro atoms. The quantitative estimate of drug-likeness (QED) is 0.0262. The maximum atomic E-state index is 12.8. The minimum Gasteiger partial charge on any atom is -0.462 e. The Balaban J connectivity index is 4.42. The van der Waals surface area contributed by atoms with Crippen molar-refractivity contribution in [3.63, 3.8) is 0 Å². The van der Waals surface area contributed by atoms with Gasteiger partial charge in [0.2, 0.25) is 0 Å². The van der Waals surface area contributed by atoms with Crippen LogP contribution in [-0.2, 0) is 28.6 Å². The van der Waals surface area contributed by atoms with E-state index in [1.54, 1.807) is 0 Å². The van der Waals surface area contributed by atoms with E-state index >= 15 is 0 Å². The second kappa shape index (κ2) is 53.5. The van der Waals surface area contributed by atoms with Crippen LogP contribution in [0.2, 0.25) is 0 Å². The van der Waals surface area contributed by atoms with Crippen molar-refractivity contribution in [1.29, 1.82) is 0 Å². The lowest BCUT2D eigenvalue weighted by atomic mass is 10.1. The molecule has 0 saturated carbocycles. The van der Waals surface area contributed by atoms with E-state index in [0.717, 1.165) is 109 Å². The van der Waals surface area contributed by atoms with Crippen LogP contribution in [-0.4, -0.2) is 37.2 Å². The minimum atomic E-state index is -0.791. The second-order valence-corrected chi connectivity index (χ2v) is 18.1. The molecule has 0 aliphatic carbocycles. The van der Waals surface area contributed by atoms with Crippen molar-refractivity contribution in [1.82, 2.24) is 0 Å². The van der Waals surface area contributed by atoms with E-state index in [4.69, 9.17) is 14.2 Å². The Morgan fingerprint density at radius 1 is 0.308 bits per heavy atom. The molecule has 1 atom stereocenters. The fourth-order valence-corrected chi connectivity index (χ4v) is 7.46. The summed E-state index contributed by atoms with van der Waals surface area (Å²) in [6, 6.07) is 0. The van der Waals surface area contributed by atoms with Crippen molar-refractivity contribution in [2.75, 3.05) is 13.2 Å². The van der Waals surface area contributed by atoms with E-state index in [1.807, 2.05) is 0 Å². The average Bonchev–Trinajstić information content (AvgIpc) is 3.30. The summed E-state index contributed by atoms with van der Waals surface area (Å²) in [6.07, 6.45) is 67.3. The molecule has 0 radical (unpaired) electrons. The van der Waals surface area contributed by atoms with Crippen LogP contribution in [0.25, 0.3) is 0 Å². The molecular weight excluding hydrogens is 805 g/mol. The Kier molecular flexibility index (Phi) is 50.9. The number of hydrogen-bond donors (Lipinski definition) is 0. The predicted molar refractivity (Wildman–Crippen MR) is 279 cm³/mol. The zero-order valence-corrected chi connectivity index (χ0v) is 42.7. The molecule has 0 N–H and O–H groups in total. The lowest BCUT2D eigenvalue weighted by Gasteiger charge is -2.18. The van der Waals surface area contributed by atoms with Gasteiger partial charge in [-0.1, -0.05) is 209 Å². The standard InChI is InChI=1S/C59H102O6/c1-4-7-10-13-16-19-22-25-28-29-30-31-32-35-37-40-43-46-49-52-58(61)64-55-56(65-59(62)53-50-47-44-41-38-34-27-24-21-18-15-12-9-6-3)54-63-57(60)51-48-45-42-39-36-33-26-23-20-17-14-11-8-5-2/h15-16,18-19,23-28,30-31,56H,4-14,17,20-22,29,32-55H2,1-3H3/b18-15-,19-16-,26-23-,27-24-,28-25-,31-30-. The lowest BCUT2D eigenvalue weighted by molar-refractivity contribution is -0.167. The van der Waals surface area contributed by atoms with Crippen molar-refractivity contribution < 1.29 is 28.6 Å². The third-order valence-electron chi connectivity index (χ3n) is 11.7. The van der Waals surface area contributed by atoms with Crippen LogP contribution in [0, 0.1) is 0 Å². The van der Waals surface area contributed by atoms with Crippen LogP contribution in [0.3, 0.4) is 0 Å². The largest absolute Gasteiger partial charge is 0.462 e. The fraction of sp³-hybridized carbons (Fsp3) is 0.746. The fourth-order valence-electron chi connectivity index (χ4n) is 7.46. The topological polar surface area (TPSA) is 78.9 Å². The number of ether oxygens (including phenoxy) is 3. The van der Waals surface area contributed by atoms with Gasteiger partial charge in [-0.3, -0.25) is 14.4 Å². The summed E-state index contributed by atoms with van der Waals surface area (Å²) < 4.78 is 16.8. The Hall–Kier alpha value is -3.15. The van der Waals surface area contributed by atoms with Crippen LogP contribution < -0.4 is 0 Å². The molecule has 0 fully saturated rings. The van der Waals surface area contributed by atoms with Gasteiger partial charge in [0.25, 0.3) is 0 Å². The van der Waals surface area contributed by atoms with Crippen LogP contribution in [0.15, 0.2) is 72.9 Å². The van der Waals surface area contributed by atoms with Gasteiger partial charge in [0.1, 0.15) is 13.2 Å². The first-order valence-electron chi connectivity index (χ1n) is 27.4. The van der Waals surface area contributed by atoms with Crippen LogP contribution in [0.1, 0.15) is 265 Å². The minimum absolute atomic E-state index is 0.0897. The molecule has 0 rings (SSSR count). The molecule has 0 aliphatic rings. The van der Waals surface area contributed by atoms with Gasteiger partial charge in [-0.15, -0.1) is 0 Å². The molecule has 6 heteroatoms. The van der Waals surface area contributed by atoms with Crippen LogP contribution in [0.5, 0.6) is 0 Å². The first kappa shape index (κ1) is 61.9. The monoisotopic (exact) mass is 907 g/mol. The molecule has 374 valence electrons. The molecule has 0 bridgehead atoms. The number of esters is 3. The Morgan fingerprint density at radius 3 is 0.954 bits per heavy atom. The number of hydrogen-bond acceptors (Lipinski definition) is 6. The zero-order valence-electron chi connectivity index (χ0n) is 42.7. The van der Waals surface area contributed by atoms with Crippen molar-refractivity contribution >= 4 is 17.9 Å². The van der Waals surface area contributed by atoms with Crippen molar-refractivity contribution in [2.45, 2.75) is 271 Å². The molecule has 0 aliphatic heterocycles. The summed E-state index contributed by atoms with van der Waals surface area (Å²) >= 11 is 0. The van der Waals surface area contributed by atoms with E-state index in [0.29, 0.717) is 19.3 Å². The maximum absolute atomic E-state index is 12.8. The molecule has 0 aromatic rings. The molecular formula is C59H102O6. The Bertz CT molecular complexity index is 1230. The summed E-state index contributed by atoms with van der Waals surface area (Å²) in [5.74, 6) is -0.920. The Morgan fingerprint density at radius 2 is 0.569 bits per heavy atom. The summed E-state index contributed by atoms with van der Waals surface area (Å²) in [7, 11) is 0. The molecule has 0 aromatic heterocycles. The zero-order chi connectivity index (χ0) is 47.2. The molecule has 0 aromatic carbocycles. The Labute approximate surface area is 402 Å². The molecule has 0 saturated heterocycles. The molecule has 6 nitrogen and oxygen atoms in total. The van der Waals surface area contributed by atoms with Gasteiger partial charge < -0.3 is 14.2 Å². The number of unbranched alkanes of at least 4 members (excludes halogenated alkanes) is 26. The second-order valence-electron chi connectivity index (χ2n) is 18.1. The lowest BCUT2D eigenvalue weighted by Crippen LogP contribution is -2.30. The third-order valence-corrected chi connectivity index (χ3v) is 11.7. The van der Waals surface area contributed by atoms with E-state index < -0.39 is 6.10 Å². The van der Waals surface area contributed by atoms with Gasteiger partial charge in [-0.25, -0.2) is 0 Å². The molecule has 0 amide bonds. The molecule has 65 heavy (non-hydrogen) atoms. The van der Waals surface area contributed by atoms with Gasteiger partial charge in [0.05, 0.1) is 0 Å².